The fourth-order valence-electron chi connectivity index (χ4n) is 2.13. The molecule has 5 nitrogen and oxygen atoms in total. The zero-order chi connectivity index (χ0) is 12.3. The third kappa shape index (κ3) is 2.40. The zero-order valence-electron chi connectivity index (χ0n) is 9.64. The Kier molecular flexibility index (Phi) is 3.61. The number of carboxylic acid groups (broad SMARTS) is 1. The molecule has 0 saturated carbocycles. The Labute approximate surface area is 99.8 Å². The van der Waals surface area contributed by atoms with E-state index < -0.39 is 12.0 Å². The Morgan fingerprint density at radius 3 is 2.76 bits per heavy atom. The molecule has 5 heteroatoms. The van der Waals surface area contributed by atoms with Crippen molar-refractivity contribution >= 4 is 5.97 Å². The van der Waals surface area contributed by atoms with Gasteiger partial charge in [0.1, 0.15) is 11.8 Å². The van der Waals surface area contributed by atoms with Crippen molar-refractivity contribution < 1.29 is 14.6 Å². The molecule has 2 rings (SSSR count). The molecular weight excluding hydrogens is 220 g/mol. The van der Waals surface area contributed by atoms with Gasteiger partial charge in [-0.15, -0.1) is 0 Å². The first-order valence-electron chi connectivity index (χ1n) is 5.56. The minimum atomic E-state index is -0.854. The molecule has 1 heterocycles. The van der Waals surface area contributed by atoms with Crippen LogP contribution in [-0.2, 0) is 4.79 Å². The largest absolute Gasteiger partial charge is 0.496 e. The fourth-order valence-corrected chi connectivity index (χ4v) is 2.13. The molecule has 0 aromatic heterocycles. The van der Waals surface area contributed by atoms with Gasteiger partial charge in [0.25, 0.3) is 0 Å². The predicted molar refractivity (Wildman–Crippen MR) is 63.2 cm³/mol. The van der Waals surface area contributed by atoms with E-state index in [9.17, 15) is 9.90 Å². The number of aliphatic carboxylic acids is 1. The molecule has 0 amide bonds. The number of para-hydroxylation sites is 1. The van der Waals surface area contributed by atoms with Crippen LogP contribution in [0.25, 0.3) is 0 Å². The quantitative estimate of drug-likeness (QED) is 0.708. The van der Waals surface area contributed by atoms with Gasteiger partial charge in [-0.05, 0) is 6.07 Å². The van der Waals surface area contributed by atoms with Gasteiger partial charge in [0.2, 0.25) is 0 Å². The molecule has 3 N–H and O–H groups in total. The van der Waals surface area contributed by atoms with Crippen molar-refractivity contribution in [1.29, 1.82) is 0 Å². The van der Waals surface area contributed by atoms with Crippen LogP contribution in [0.2, 0.25) is 0 Å². The van der Waals surface area contributed by atoms with Gasteiger partial charge in [0, 0.05) is 18.7 Å². The lowest BCUT2D eigenvalue weighted by atomic mass is 9.96. The van der Waals surface area contributed by atoms with Crippen molar-refractivity contribution in [1.82, 2.24) is 10.6 Å². The lowest BCUT2D eigenvalue weighted by Crippen LogP contribution is -2.54. The number of nitrogens with one attached hydrogen (secondary N) is 2. The number of carbonyl (C=O) groups is 1. The smallest absolute Gasteiger partial charge is 0.322 e. The molecule has 1 fully saturated rings. The van der Waals surface area contributed by atoms with E-state index >= 15 is 0 Å². The number of ether oxygens (including phenoxy) is 1. The highest BCUT2D eigenvalue weighted by molar-refractivity contribution is 5.75. The maximum absolute atomic E-state index is 11.2. The molecule has 92 valence electrons. The topological polar surface area (TPSA) is 70.6 Å². The number of carboxylic acids is 1. The van der Waals surface area contributed by atoms with Gasteiger partial charge in [-0.25, -0.2) is 0 Å². The summed E-state index contributed by atoms with van der Waals surface area (Å²) in [6, 6.07) is 6.59. The summed E-state index contributed by atoms with van der Waals surface area (Å²) >= 11 is 0. The first kappa shape index (κ1) is 11.9. The van der Waals surface area contributed by atoms with Crippen molar-refractivity contribution in [3.05, 3.63) is 29.8 Å². The van der Waals surface area contributed by atoms with Crippen molar-refractivity contribution in [3.8, 4) is 5.75 Å². The van der Waals surface area contributed by atoms with Crippen LogP contribution < -0.4 is 15.4 Å². The summed E-state index contributed by atoms with van der Waals surface area (Å²) in [6.45, 7) is 1.40. The van der Waals surface area contributed by atoms with Gasteiger partial charge in [0.05, 0.1) is 13.2 Å². The van der Waals surface area contributed by atoms with Crippen molar-refractivity contribution in [2.75, 3.05) is 20.2 Å². The van der Waals surface area contributed by atoms with Crippen LogP contribution in [-0.4, -0.2) is 37.3 Å². The molecule has 1 aliphatic rings. The van der Waals surface area contributed by atoms with Crippen LogP contribution in [0, 0.1) is 0 Å². The second-order valence-electron chi connectivity index (χ2n) is 3.94. The molecule has 1 aromatic carbocycles. The third-order valence-corrected chi connectivity index (χ3v) is 2.93. The van der Waals surface area contributed by atoms with Crippen molar-refractivity contribution in [2.24, 2.45) is 0 Å². The molecule has 17 heavy (non-hydrogen) atoms. The average molecular weight is 236 g/mol. The summed E-state index contributed by atoms with van der Waals surface area (Å²) in [6.07, 6.45) is 0. The molecule has 1 saturated heterocycles. The van der Waals surface area contributed by atoms with E-state index in [0.29, 0.717) is 12.3 Å². The zero-order valence-corrected chi connectivity index (χ0v) is 9.64. The van der Waals surface area contributed by atoms with E-state index in [4.69, 9.17) is 4.74 Å². The molecule has 2 unspecified atom stereocenters. The Morgan fingerprint density at radius 1 is 1.35 bits per heavy atom. The summed E-state index contributed by atoms with van der Waals surface area (Å²) in [5.74, 6) is -0.145. The number of rotatable bonds is 3. The summed E-state index contributed by atoms with van der Waals surface area (Å²) in [5.41, 5.74) is 0.870. The van der Waals surface area contributed by atoms with E-state index in [-0.39, 0.29) is 6.04 Å². The van der Waals surface area contributed by atoms with Gasteiger partial charge in [-0.3, -0.25) is 4.79 Å². The molecule has 1 aliphatic heterocycles. The first-order chi connectivity index (χ1) is 8.24. The number of hydrogen-bond acceptors (Lipinski definition) is 4. The van der Waals surface area contributed by atoms with Gasteiger partial charge in [-0.1, -0.05) is 18.2 Å². The second kappa shape index (κ2) is 5.16. The molecule has 0 radical (unpaired) electrons. The predicted octanol–water partition coefficient (Wildman–Crippen LogP) is 0.382. The second-order valence-corrected chi connectivity index (χ2v) is 3.94. The highest BCUT2D eigenvalue weighted by Crippen LogP contribution is 2.28. The fraction of sp³-hybridized carbons (Fsp3) is 0.417. The third-order valence-electron chi connectivity index (χ3n) is 2.93. The maximum Gasteiger partial charge on any atom is 0.322 e. The number of methoxy groups -OCH3 is 1. The SMILES string of the molecule is COc1ccccc1C1NCCNC1C(=O)O. The van der Waals surface area contributed by atoms with Crippen molar-refractivity contribution in [3.63, 3.8) is 0 Å². The summed E-state index contributed by atoms with van der Waals surface area (Å²) in [7, 11) is 1.59. The van der Waals surface area contributed by atoms with Crippen LogP contribution in [0.3, 0.4) is 0 Å². The standard InChI is InChI=1S/C12H16N2O3/c1-17-9-5-3-2-4-8(9)10-11(12(15)16)14-7-6-13-10/h2-5,10-11,13-14H,6-7H2,1H3,(H,15,16). The summed E-state index contributed by atoms with van der Waals surface area (Å²) in [4.78, 5) is 11.2. The van der Waals surface area contributed by atoms with E-state index in [1.54, 1.807) is 7.11 Å². The van der Waals surface area contributed by atoms with E-state index in [2.05, 4.69) is 10.6 Å². The van der Waals surface area contributed by atoms with Crippen LogP contribution in [0.1, 0.15) is 11.6 Å². The van der Waals surface area contributed by atoms with E-state index in [1.807, 2.05) is 24.3 Å². The van der Waals surface area contributed by atoms with Gasteiger partial charge in [-0.2, -0.15) is 0 Å². The lowest BCUT2D eigenvalue weighted by Gasteiger charge is -2.31. The van der Waals surface area contributed by atoms with Crippen molar-refractivity contribution in [2.45, 2.75) is 12.1 Å². The first-order valence-corrected chi connectivity index (χ1v) is 5.56. The van der Waals surface area contributed by atoms with Crippen LogP contribution >= 0.6 is 0 Å². The normalized spacial score (nSPS) is 24.3. The van der Waals surface area contributed by atoms with E-state index in [1.165, 1.54) is 0 Å². The number of hydrogen-bond donors (Lipinski definition) is 3. The highest BCUT2D eigenvalue weighted by atomic mass is 16.5. The summed E-state index contributed by atoms with van der Waals surface area (Å²) < 4.78 is 5.27. The lowest BCUT2D eigenvalue weighted by molar-refractivity contribution is -0.140. The molecule has 0 aliphatic carbocycles. The number of piperazine rings is 1. The van der Waals surface area contributed by atoms with Crippen LogP contribution in [0.5, 0.6) is 5.75 Å². The monoisotopic (exact) mass is 236 g/mol. The molecular formula is C12H16N2O3. The molecule has 0 bridgehead atoms. The minimum Gasteiger partial charge on any atom is -0.496 e. The average Bonchev–Trinajstić information content (AvgIpc) is 2.38. The number of benzene rings is 1. The van der Waals surface area contributed by atoms with Gasteiger partial charge in [0.15, 0.2) is 0 Å². The molecule has 0 spiro atoms. The minimum absolute atomic E-state index is 0.266. The van der Waals surface area contributed by atoms with Crippen LogP contribution in [0.15, 0.2) is 24.3 Å². The molecule has 2 atom stereocenters. The highest BCUT2D eigenvalue weighted by Gasteiger charge is 2.32. The van der Waals surface area contributed by atoms with E-state index in [0.717, 1.165) is 12.1 Å². The molecule has 1 aromatic rings. The maximum atomic E-state index is 11.2. The summed E-state index contributed by atoms with van der Waals surface area (Å²) in [5, 5.41) is 15.4. The Morgan fingerprint density at radius 2 is 2.06 bits per heavy atom. The Hall–Kier alpha value is -1.59. The Balaban J connectivity index is 2.32. The Bertz CT molecular complexity index is 408. The van der Waals surface area contributed by atoms with Gasteiger partial charge >= 0.3 is 5.97 Å². The van der Waals surface area contributed by atoms with Gasteiger partial charge < -0.3 is 20.5 Å². The van der Waals surface area contributed by atoms with Crippen LogP contribution in [0.4, 0.5) is 0 Å².